The van der Waals surface area contributed by atoms with Gasteiger partial charge >= 0.3 is 5.97 Å². The van der Waals surface area contributed by atoms with Crippen LogP contribution in [0.4, 0.5) is 0 Å². The number of nitrogens with zero attached hydrogens (tertiary/aromatic N) is 1. The van der Waals surface area contributed by atoms with Crippen LogP contribution in [0.3, 0.4) is 0 Å². The van der Waals surface area contributed by atoms with E-state index in [1.165, 1.54) is 23.6 Å². The first-order valence-corrected chi connectivity index (χ1v) is 7.88. The summed E-state index contributed by atoms with van der Waals surface area (Å²) in [5, 5.41) is 21.6. The van der Waals surface area contributed by atoms with E-state index in [0.29, 0.717) is 4.91 Å². The molecule has 2 amide bonds. The number of carboxylic acid groups (broad SMARTS) is 1. The van der Waals surface area contributed by atoms with Gasteiger partial charge in [0.05, 0.1) is 30.5 Å². The number of thioether (sulfide) groups is 1. The number of nitrogens with two attached hydrogens (primary N) is 1. The molecule has 22 heavy (non-hydrogen) atoms. The Labute approximate surface area is 131 Å². The van der Waals surface area contributed by atoms with Crippen molar-refractivity contribution in [3.8, 4) is 0 Å². The van der Waals surface area contributed by atoms with Gasteiger partial charge in [-0.3, -0.25) is 9.59 Å². The lowest BCUT2D eigenvalue weighted by atomic mass is 9.79. The predicted molar refractivity (Wildman–Crippen MR) is 79.3 cm³/mol. The number of aliphatic carboxylic acids is 1. The molecule has 1 unspecified atom stereocenters. The highest BCUT2D eigenvalue weighted by molar-refractivity contribution is 8.03. The van der Waals surface area contributed by atoms with Crippen LogP contribution in [0.15, 0.2) is 10.6 Å². The Morgan fingerprint density at radius 2 is 2.14 bits per heavy atom. The van der Waals surface area contributed by atoms with Crippen molar-refractivity contribution in [2.75, 3.05) is 12.4 Å². The second-order valence-electron chi connectivity index (χ2n) is 5.36. The van der Waals surface area contributed by atoms with Crippen molar-refractivity contribution in [3.63, 3.8) is 0 Å². The van der Waals surface area contributed by atoms with Gasteiger partial charge in [0.25, 0.3) is 0 Å². The zero-order valence-corrected chi connectivity index (χ0v) is 13.1. The predicted octanol–water partition coefficient (Wildman–Crippen LogP) is -1.09. The van der Waals surface area contributed by atoms with E-state index in [0.717, 1.165) is 0 Å². The molecule has 4 atom stereocenters. The highest BCUT2D eigenvalue weighted by atomic mass is 32.2. The Hall–Kier alpha value is -1.58. The van der Waals surface area contributed by atoms with Crippen LogP contribution in [-0.4, -0.2) is 57.5 Å². The fourth-order valence-electron chi connectivity index (χ4n) is 2.98. The number of carbonyl (C=O) groups excluding carboxylic acids is 2. The molecular weight excluding hydrogens is 310 g/mol. The zero-order valence-electron chi connectivity index (χ0n) is 12.3. The summed E-state index contributed by atoms with van der Waals surface area (Å²) < 4.78 is 0. The number of rotatable bonds is 6. The van der Waals surface area contributed by atoms with Gasteiger partial charge in [0.2, 0.25) is 11.8 Å². The summed E-state index contributed by atoms with van der Waals surface area (Å²) >= 11 is 1.17. The molecule has 5 N–H and O–H groups in total. The summed E-state index contributed by atoms with van der Waals surface area (Å²) in [5.74, 6) is -2.49. The van der Waals surface area contributed by atoms with E-state index < -0.39 is 18.0 Å². The summed E-state index contributed by atoms with van der Waals surface area (Å²) in [6, 6.07) is -0.341. The summed E-state index contributed by atoms with van der Waals surface area (Å²) in [4.78, 5) is 36.5. The van der Waals surface area contributed by atoms with Crippen LogP contribution in [0.2, 0.25) is 0 Å². The molecule has 0 aromatic heterocycles. The van der Waals surface area contributed by atoms with Gasteiger partial charge in [0.15, 0.2) is 0 Å². The Bertz CT molecular complexity index is 548. The van der Waals surface area contributed by atoms with Gasteiger partial charge in [-0.15, -0.1) is 11.8 Å². The van der Waals surface area contributed by atoms with Crippen molar-refractivity contribution in [1.29, 1.82) is 0 Å². The van der Waals surface area contributed by atoms with Gasteiger partial charge in [0, 0.05) is 10.8 Å². The van der Waals surface area contributed by atoms with Crippen molar-refractivity contribution in [1.82, 2.24) is 10.2 Å². The van der Waals surface area contributed by atoms with Gasteiger partial charge in [-0.25, -0.2) is 4.79 Å². The largest absolute Gasteiger partial charge is 0.477 e. The molecule has 2 rings (SSSR count). The maximum absolute atomic E-state index is 12.1. The minimum atomic E-state index is -1.18. The van der Waals surface area contributed by atoms with E-state index in [2.05, 4.69) is 5.32 Å². The van der Waals surface area contributed by atoms with Crippen molar-refractivity contribution in [2.24, 2.45) is 17.6 Å². The highest BCUT2D eigenvalue weighted by Crippen LogP contribution is 2.50. The van der Waals surface area contributed by atoms with Crippen LogP contribution in [-0.2, 0) is 14.4 Å². The molecule has 2 aliphatic heterocycles. The van der Waals surface area contributed by atoms with Gasteiger partial charge in [-0.1, -0.05) is 6.92 Å². The standard InChI is InChI=1S/C13H19N3O5S/c1-5-9-8(6(2)17)12(19)16(9)10(13(20)21)11(5)22-4-15-7(18)3-14/h5-6,8-9,17H,3-4,14H2,1-2H3,(H,15,18)(H,20,21)/t5-,6?,8-,9-/m1/s1. The lowest BCUT2D eigenvalue weighted by Gasteiger charge is -2.46. The summed E-state index contributed by atoms with van der Waals surface area (Å²) in [6.07, 6.45) is -0.826. The third kappa shape index (κ3) is 2.59. The Balaban J connectivity index is 2.18. The first-order chi connectivity index (χ1) is 10.3. The van der Waals surface area contributed by atoms with Gasteiger partial charge < -0.3 is 26.2 Å². The molecule has 0 saturated carbocycles. The Kier molecular flexibility index (Phi) is 4.78. The van der Waals surface area contributed by atoms with Crippen LogP contribution in [0.25, 0.3) is 0 Å². The first-order valence-electron chi connectivity index (χ1n) is 6.89. The van der Waals surface area contributed by atoms with Crippen LogP contribution in [0.1, 0.15) is 13.8 Å². The second-order valence-corrected chi connectivity index (χ2v) is 6.38. The molecule has 2 heterocycles. The van der Waals surface area contributed by atoms with E-state index in [-0.39, 0.29) is 41.9 Å². The number of nitrogens with one attached hydrogen (secondary N) is 1. The zero-order chi connectivity index (χ0) is 16.6. The van der Waals surface area contributed by atoms with E-state index in [4.69, 9.17) is 5.73 Å². The molecule has 0 radical (unpaired) electrons. The number of aliphatic hydroxyl groups is 1. The lowest BCUT2D eigenvalue weighted by molar-refractivity contribution is -0.163. The highest BCUT2D eigenvalue weighted by Gasteiger charge is 2.59. The van der Waals surface area contributed by atoms with Crippen molar-refractivity contribution in [3.05, 3.63) is 10.6 Å². The third-order valence-corrected chi connectivity index (χ3v) is 5.16. The summed E-state index contributed by atoms with van der Waals surface area (Å²) in [5.41, 5.74) is 5.14. The van der Waals surface area contributed by atoms with Crippen molar-refractivity contribution in [2.45, 2.75) is 26.0 Å². The summed E-state index contributed by atoms with van der Waals surface area (Å²) in [7, 11) is 0. The molecule has 9 heteroatoms. The number of fused-ring (bicyclic) bond motifs is 1. The molecular formula is C13H19N3O5S. The molecule has 8 nitrogen and oxygen atoms in total. The number of carbonyl (C=O) groups is 3. The average molecular weight is 329 g/mol. The fourth-order valence-corrected chi connectivity index (χ4v) is 4.10. The number of aliphatic hydroxyl groups excluding tert-OH is 1. The third-order valence-electron chi connectivity index (χ3n) is 3.99. The van der Waals surface area contributed by atoms with Crippen LogP contribution in [0.5, 0.6) is 0 Å². The van der Waals surface area contributed by atoms with E-state index in [9.17, 15) is 24.6 Å². The van der Waals surface area contributed by atoms with Gasteiger partial charge in [-0.2, -0.15) is 0 Å². The quantitative estimate of drug-likeness (QED) is 0.359. The minimum Gasteiger partial charge on any atom is -0.477 e. The number of carboxylic acids is 1. The van der Waals surface area contributed by atoms with E-state index in [1.54, 1.807) is 0 Å². The van der Waals surface area contributed by atoms with Gasteiger partial charge in [-0.05, 0) is 6.92 Å². The Morgan fingerprint density at radius 1 is 1.50 bits per heavy atom. The SMILES string of the molecule is CC(O)[C@H]1C(=O)N2C(C(=O)O)=C(SCNC(=O)CN)[C@H](C)[C@H]12. The average Bonchev–Trinajstić information content (AvgIpc) is 2.68. The topological polar surface area (TPSA) is 133 Å². The van der Waals surface area contributed by atoms with Crippen LogP contribution in [0, 0.1) is 11.8 Å². The number of hydrogen-bond acceptors (Lipinski definition) is 6. The van der Waals surface area contributed by atoms with Crippen LogP contribution < -0.4 is 11.1 Å². The first kappa shape index (κ1) is 16.8. The molecule has 0 aliphatic carbocycles. The van der Waals surface area contributed by atoms with E-state index in [1.807, 2.05) is 6.92 Å². The number of hydrogen-bond donors (Lipinski definition) is 4. The Morgan fingerprint density at radius 3 is 2.64 bits per heavy atom. The molecule has 0 spiro atoms. The normalized spacial score (nSPS) is 28.3. The number of amides is 2. The summed E-state index contributed by atoms with van der Waals surface area (Å²) in [6.45, 7) is 3.21. The molecule has 2 aliphatic rings. The molecule has 0 aromatic carbocycles. The molecule has 1 saturated heterocycles. The molecule has 0 aromatic rings. The van der Waals surface area contributed by atoms with Crippen molar-refractivity contribution >= 4 is 29.5 Å². The van der Waals surface area contributed by atoms with Crippen molar-refractivity contribution < 1.29 is 24.6 Å². The molecule has 122 valence electrons. The lowest BCUT2D eigenvalue weighted by Crippen LogP contribution is -2.63. The maximum Gasteiger partial charge on any atom is 0.353 e. The smallest absolute Gasteiger partial charge is 0.353 e. The second kappa shape index (κ2) is 6.27. The fraction of sp³-hybridized carbons (Fsp3) is 0.615. The van der Waals surface area contributed by atoms with Gasteiger partial charge in [0.1, 0.15) is 5.70 Å². The monoisotopic (exact) mass is 329 g/mol. The molecule has 1 fully saturated rings. The maximum atomic E-state index is 12.1. The number of β-lactam (4-membered cyclic amide) rings is 1. The molecule has 0 bridgehead atoms. The minimum absolute atomic E-state index is 0.0496. The van der Waals surface area contributed by atoms with E-state index >= 15 is 0 Å². The van der Waals surface area contributed by atoms with Crippen LogP contribution >= 0.6 is 11.8 Å².